The van der Waals surface area contributed by atoms with E-state index in [-0.39, 0.29) is 28.0 Å². The van der Waals surface area contributed by atoms with E-state index in [1.807, 2.05) is 0 Å². The van der Waals surface area contributed by atoms with Crippen LogP contribution in [0.1, 0.15) is 59.9 Å². The summed E-state index contributed by atoms with van der Waals surface area (Å²) >= 11 is 7.67. The van der Waals surface area contributed by atoms with Crippen molar-refractivity contribution in [3.63, 3.8) is 0 Å². The Labute approximate surface area is 194 Å². The van der Waals surface area contributed by atoms with Crippen LogP contribution < -0.4 is 10.0 Å². The Morgan fingerprint density at radius 3 is 2.39 bits per heavy atom. The molecule has 0 spiro atoms. The van der Waals surface area contributed by atoms with Crippen LogP contribution in [-0.2, 0) is 5.41 Å². The van der Waals surface area contributed by atoms with Crippen LogP contribution in [0.4, 0.5) is 5.69 Å². The van der Waals surface area contributed by atoms with Crippen molar-refractivity contribution in [3.8, 4) is 0 Å². The van der Waals surface area contributed by atoms with E-state index in [1.54, 1.807) is 24.1 Å². The van der Waals surface area contributed by atoms with Gasteiger partial charge in [-0.15, -0.1) is 0 Å². The van der Waals surface area contributed by atoms with E-state index in [1.165, 1.54) is 17.5 Å². The van der Waals surface area contributed by atoms with E-state index in [0.717, 1.165) is 30.8 Å². The summed E-state index contributed by atoms with van der Waals surface area (Å²) in [7, 11) is 1.80. The smallest absolute Gasteiger partial charge is 0.256 e. The molecule has 31 heavy (non-hydrogen) atoms. The first kappa shape index (κ1) is 23.6. The molecule has 2 aromatic carbocycles. The molecule has 1 aliphatic rings. The fourth-order valence-corrected chi connectivity index (χ4v) is 4.57. The maximum Gasteiger partial charge on any atom is 0.256 e. The monoisotopic (exact) mass is 459 g/mol. The summed E-state index contributed by atoms with van der Waals surface area (Å²) in [6.45, 7) is 8.30. The Morgan fingerprint density at radius 2 is 1.81 bits per heavy atom. The van der Waals surface area contributed by atoms with Gasteiger partial charge >= 0.3 is 0 Å². The summed E-state index contributed by atoms with van der Waals surface area (Å²) in [6.07, 6.45) is 2.44. The zero-order chi connectivity index (χ0) is 22.6. The zero-order valence-electron chi connectivity index (χ0n) is 18.5. The quantitative estimate of drug-likeness (QED) is 0.447. The molecule has 0 saturated carbocycles. The SMILES string of the molecule is CN(C(=O)c1c(NSc2ccc(C(C)(C)C)cc2)ccc(Cl)c1C=O)C1CCNCC1. The number of carbonyl (C=O) groups excluding carboxylic acids is 2. The number of amides is 1. The van der Waals surface area contributed by atoms with Crippen LogP contribution in [0.5, 0.6) is 0 Å². The van der Waals surface area contributed by atoms with Gasteiger partial charge in [-0.25, -0.2) is 0 Å². The number of benzene rings is 2. The van der Waals surface area contributed by atoms with Crippen LogP contribution >= 0.6 is 23.5 Å². The minimum atomic E-state index is -0.192. The van der Waals surface area contributed by atoms with Crippen molar-refractivity contribution in [1.29, 1.82) is 0 Å². The predicted octanol–water partition coefficient (Wildman–Crippen LogP) is 5.39. The molecule has 3 rings (SSSR count). The molecule has 2 aromatic rings. The second-order valence-electron chi connectivity index (χ2n) is 8.88. The van der Waals surface area contributed by atoms with Gasteiger partial charge in [0, 0.05) is 23.5 Å². The number of nitrogens with one attached hydrogen (secondary N) is 2. The molecule has 1 saturated heterocycles. The fraction of sp³-hybridized carbons (Fsp3) is 0.417. The molecule has 7 heteroatoms. The minimum Gasteiger partial charge on any atom is -0.339 e. The van der Waals surface area contributed by atoms with Gasteiger partial charge in [0.25, 0.3) is 5.91 Å². The average molecular weight is 460 g/mol. The lowest BCUT2D eigenvalue weighted by molar-refractivity contribution is 0.0701. The van der Waals surface area contributed by atoms with Crippen LogP contribution in [0.2, 0.25) is 5.02 Å². The van der Waals surface area contributed by atoms with Gasteiger partial charge in [0.05, 0.1) is 16.3 Å². The summed E-state index contributed by atoms with van der Waals surface area (Å²) in [5.74, 6) is -0.192. The Balaban J connectivity index is 1.85. The van der Waals surface area contributed by atoms with E-state index in [2.05, 4.69) is 55.1 Å². The Hall–Kier alpha value is -2.02. The molecule has 0 unspecified atom stereocenters. The Bertz CT molecular complexity index is 935. The van der Waals surface area contributed by atoms with Gasteiger partial charge in [-0.3, -0.25) is 9.59 Å². The third-order valence-corrected chi connectivity index (χ3v) is 6.86. The summed E-state index contributed by atoms with van der Waals surface area (Å²) in [4.78, 5) is 28.0. The van der Waals surface area contributed by atoms with E-state index >= 15 is 0 Å². The Kier molecular flexibility index (Phi) is 7.68. The second kappa shape index (κ2) is 10.1. The van der Waals surface area contributed by atoms with Gasteiger partial charge in [-0.1, -0.05) is 44.5 Å². The first-order valence-electron chi connectivity index (χ1n) is 10.5. The van der Waals surface area contributed by atoms with E-state index in [9.17, 15) is 9.59 Å². The highest BCUT2D eigenvalue weighted by atomic mass is 35.5. The maximum absolute atomic E-state index is 13.4. The van der Waals surface area contributed by atoms with E-state index in [0.29, 0.717) is 17.5 Å². The maximum atomic E-state index is 13.4. The van der Waals surface area contributed by atoms with Crippen LogP contribution in [-0.4, -0.2) is 43.3 Å². The van der Waals surface area contributed by atoms with E-state index < -0.39 is 0 Å². The lowest BCUT2D eigenvalue weighted by atomic mass is 9.87. The standard InChI is InChI=1S/C24H30ClN3O2S/c1-24(2,3)16-5-7-18(8-6-16)31-27-21-10-9-20(25)19(15-29)22(21)23(30)28(4)17-11-13-26-14-12-17/h5-10,15,17,26-27H,11-14H2,1-4H3. The number of anilines is 1. The molecule has 0 aromatic heterocycles. The molecule has 2 N–H and O–H groups in total. The number of hydrogen-bond acceptors (Lipinski definition) is 5. The zero-order valence-corrected chi connectivity index (χ0v) is 20.1. The van der Waals surface area contributed by atoms with Crippen LogP contribution in [0.25, 0.3) is 0 Å². The van der Waals surface area contributed by atoms with Crippen LogP contribution in [0.3, 0.4) is 0 Å². The van der Waals surface area contributed by atoms with Gasteiger partial charge in [0.1, 0.15) is 0 Å². The molecule has 0 bridgehead atoms. The van der Waals surface area contributed by atoms with E-state index in [4.69, 9.17) is 11.6 Å². The fourth-order valence-electron chi connectivity index (χ4n) is 3.70. The molecule has 5 nitrogen and oxygen atoms in total. The Morgan fingerprint density at radius 1 is 1.16 bits per heavy atom. The number of aldehydes is 1. The third kappa shape index (κ3) is 5.62. The molecule has 1 aliphatic heterocycles. The second-order valence-corrected chi connectivity index (χ2v) is 10.2. The molecule has 1 fully saturated rings. The average Bonchev–Trinajstić information content (AvgIpc) is 2.77. The van der Waals surface area contributed by atoms with Crippen LogP contribution in [0, 0.1) is 0 Å². The molecule has 0 atom stereocenters. The highest BCUT2D eigenvalue weighted by Gasteiger charge is 2.27. The summed E-state index contributed by atoms with van der Waals surface area (Å²) in [5.41, 5.74) is 2.47. The molecule has 1 heterocycles. The molecule has 0 aliphatic carbocycles. The first-order valence-corrected chi connectivity index (χ1v) is 11.7. The molecular weight excluding hydrogens is 430 g/mol. The third-order valence-electron chi connectivity index (χ3n) is 5.70. The van der Waals surface area contributed by atoms with Crippen molar-refractivity contribution in [2.45, 2.75) is 50.0 Å². The number of nitrogens with zero attached hydrogens (tertiary/aromatic N) is 1. The summed E-state index contributed by atoms with van der Waals surface area (Å²) in [5, 5.41) is 3.59. The molecular formula is C24H30ClN3O2S. The van der Waals surface area contributed by atoms with Crippen molar-refractivity contribution in [1.82, 2.24) is 10.2 Å². The molecule has 1 amide bonds. The lowest BCUT2D eigenvalue weighted by Gasteiger charge is -2.32. The number of piperidine rings is 1. The summed E-state index contributed by atoms with van der Waals surface area (Å²) in [6, 6.07) is 11.9. The lowest BCUT2D eigenvalue weighted by Crippen LogP contribution is -2.44. The highest BCUT2D eigenvalue weighted by Crippen LogP contribution is 2.32. The van der Waals surface area contributed by atoms with Crippen molar-refractivity contribution in [2.75, 3.05) is 24.9 Å². The highest BCUT2D eigenvalue weighted by molar-refractivity contribution is 8.00. The number of halogens is 1. The van der Waals surface area contributed by atoms with Crippen molar-refractivity contribution in [3.05, 3.63) is 58.1 Å². The summed E-state index contributed by atoms with van der Waals surface area (Å²) < 4.78 is 3.27. The number of rotatable bonds is 6. The van der Waals surface area contributed by atoms with Gasteiger partial charge in [0.15, 0.2) is 6.29 Å². The number of hydrogen-bond donors (Lipinski definition) is 2. The predicted molar refractivity (Wildman–Crippen MR) is 129 cm³/mol. The van der Waals surface area contributed by atoms with Crippen molar-refractivity contribution in [2.24, 2.45) is 0 Å². The minimum absolute atomic E-state index is 0.0878. The number of carbonyl (C=O) groups is 2. The van der Waals surface area contributed by atoms with Gasteiger partial charge < -0.3 is 14.9 Å². The van der Waals surface area contributed by atoms with Crippen LogP contribution in [0.15, 0.2) is 41.3 Å². The molecule has 0 radical (unpaired) electrons. The topological polar surface area (TPSA) is 61.4 Å². The molecule has 166 valence electrons. The van der Waals surface area contributed by atoms with Gasteiger partial charge in [-0.05, 0) is 73.1 Å². The normalized spacial score (nSPS) is 14.9. The largest absolute Gasteiger partial charge is 0.339 e. The van der Waals surface area contributed by atoms with Gasteiger partial charge in [-0.2, -0.15) is 0 Å². The van der Waals surface area contributed by atoms with Crippen molar-refractivity contribution >= 4 is 41.4 Å². The first-order chi connectivity index (χ1) is 14.7. The van der Waals surface area contributed by atoms with Crippen molar-refractivity contribution < 1.29 is 9.59 Å². The van der Waals surface area contributed by atoms with Gasteiger partial charge in [0.2, 0.25) is 0 Å².